The minimum absolute atomic E-state index is 0.313. The first-order valence-electron chi connectivity index (χ1n) is 6.91. The molecule has 2 aromatic rings. The zero-order chi connectivity index (χ0) is 14.2. The highest BCUT2D eigenvalue weighted by atomic mass is 35.5. The van der Waals surface area contributed by atoms with E-state index in [1.54, 1.807) is 0 Å². The standard InChI is InChI=1S/C14H14ClN3O2S/c15-14-10(16-17-21-14)7-18-5-1-2-11(18)9-3-4-12-13(6-9)20-8-19-12/h3-4,6,11H,1-2,5,7-8H2. The van der Waals surface area contributed by atoms with Crippen LogP contribution in [0.2, 0.25) is 4.34 Å². The molecule has 0 aliphatic carbocycles. The molecule has 110 valence electrons. The Morgan fingerprint density at radius 3 is 3.10 bits per heavy atom. The minimum Gasteiger partial charge on any atom is -0.454 e. The van der Waals surface area contributed by atoms with Crippen LogP contribution in [0.25, 0.3) is 0 Å². The molecule has 3 heterocycles. The van der Waals surface area contributed by atoms with Gasteiger partial charge in [-0.3, -0.25) is 4.90 Å². The highest BCUT2D eigenvalue weighted by Crippen LogP contribution is 2.39. The van der Waals surface area contributed by atoms with Crippen LogP contribution in [0.5, 0.6) is 11.5 Å². The van der Waals surface area contributed by atoms with Gasteiger partial charge < -0.3 is 9.47 Å². The van der Waals surface area contributed by atoms with Gasteiger partial charge in [0.15, 0.2) is 11.5 Å². The average Bonchev–Trinajstić information content (AvgIpc) is 3.20. The van der Waals surface area contributed by atoms with Crippen molar-refractivity contribution in [1.82, 2.24) is 14.5 Å². The zero-order valence-corrected chi connectivity index (χ0v) is 12.9. The van der Waals surface area contributed by atoms with Gasteiger partial charge in [0.05, 0.1) is 0 Å². The molecule has 1 atom stereocenters. The molecule has 0 radical (unpaired) electrons. The summed E-state index contributed by atoms with van der Waals surface area (Å²) >= 11 is 7.36. The average molecular weight is 324 g/mol. The van der Waals surface area contributed by atoms with Crippen LogP contribution in [0.4, 0.5) is 0 Å². The molecule has 4 rings (SSSR count). The second kappa shape index (κ2) is 5.44. The van der Waals surface area contributed by atoms with Gasteiger partial charge in [0.2, 0.25) is 6.79 Å². The quantitative estimate of drug-likeness (QED) is 0.867. The number of rotatable bonds is 3. The molecule has 7 heteroatoms. The van der Waals surface area contributed by atoms with Crippen molar-refractivity contribution in [3.63, 3.8) is 0 Å². The van der Waals surface area contributed by atoms with Crippen LogP contribution in [-0.4, -0.2) is 27.8 Å². The first-order chi connectivity index (χ1) is 10.3. The van der Waals surface area contributed by atoms with Crippen molar-refractivity contribution in [3.8, 4) is 11.5 Å². The first-order valence-corrected chi connectivity index (χ1v) is 8.07. The SMILES string of the molecule is Clc1snnc1CN1CCCC1c1ccc2c(c1)OCO2. The van der Waals surface area contributed by atoms with E-state index in [0.717, 1.165) is 36.7 Å². The van der Waals surface area contributed by atoms with Gasteiger partial charge in [0.1, 0.15) is 10.0 Å². The van der Waals surface area contributed by atoms with Crippen molar-refractivity contribution in [2.75, 3.05) is 13.3 Å². The van der Waals surface area contributed by atoms with Crippen LogP contribution in [0.3, 0.4) is 0 Å². The fourth-order valence-electron chi connectivity index (χ4n) is 3.00. The number of nitrogens with zero attached hydrogens (tertiary/aromatic N) is 3. The Morgan fingerprint density at radius 1 is 1.33 bits per heavy atom. The van der Waals surface area contributed by atoms with E-state index in [-0.39, 0.29) is 0 Å². The molecule has 1 saturated heterocycles. The maximum absolute atomic E-state index is 6.12. The largest absolute Gasteiger partial charge is 0.454 e. The van der Waals surface area contributed by atoms with Crippen LogP contribution >= 0.6 is 23.1 Å². The van der Waals surface area contributed by atoms with E-state index in [9.17, 15) is 0 Å². The summed E-state index contributed by atoms with van der Waals surface area (Å²) in [5.41, 5.74) is 2.13. The molecule has 2 aliphatic rings. The summed E-state index contributed by atoms with van der Waals surface area (Å²) in [5.74, 6) is 1.67. The molecule has 5 nitrogen and oxygen atoms in total. The van der Waals surface area contributed by atoms with Crippen LogP contribution in [-0.2, 0) is 6.54 Å². The van der Waals surface area contributed by atoms with Crippen molar-refractivity contribution in [2.45, 2.75) is 25.4 Å². The van der Waals surface area contributed by atoms with Crippen LogP contribution in [0.15, 0.2) is 18.2 Å². The minimum atomic E-state index is 0.313. The summed E-state index contributed by atoms with van der Waals surface area (Å²) in [6, 6.07) is 6.58. The second-order valence-electron chi connectivity index (χ2n) is 5.23. The fourth-order valence-corrected chi connectivity index (χ4v) is 3.61. The highest BCUT2D eigenvalue weighted by molar-refractivity contribution is 7.10. The van der Waals surface area contributed by atoms with Crippen LogP contribution < -0.4 is 9.47 Å². The van der Waals surface area contributed by atoms with Gasteiger partial charge in [0, 0.05) is 24.1 Å². The smallest absolute Gasteiger partial charge is 0.231 e. The predicted molar refractivity (Wildman–Crippen MR) is 79.9 cm³/mol. The number of aromatic nitrogens is 2. The monoisotopic (exact) mass is 323 g/mol. The molecule has 1 unspecified atom stereocenters. The number of likely N-dealkylation sites (tertiary alicyclic amines) is 1. The number of ether oxygens (including phenoxy) is 2. The summed E-state index contributed by atoms with van der Waals surface area (Å²) in [7, 11) is 0. The second-order valence-corrected chi connectivity index (χ2v) is 6.59. The first kappa shape index (κ1) is 13.3. The molecule has 1 aromatic heterocycles. The lowest BCUT2D eigenvalue weighted by atomic mass is 10.0. The molecule has 0 saturated carbocycles. The van der Waals surface area contributed by atoms with Gasteiger partial charge >= 0.3 is 0 Å². The molecule has 21 heavy (non-hydrogen) atoms. The van der Waals surface area contributed by atoms with Crippen molar-refractivity contribution >= 4 is 23.1 Å². The van der Waals surface area contributed by atoms with E-state index in [1.165, 1.54) is 23.5 Å². The van der Waals surface area contributed by atoms with Crippen molar-refractivity contribution in [2.24, 2.45) is 0 Å². The maximum Gasteiger partial charge on any atom is 0.231 e. The van der Waals surface area contributed by atoms with E-state index >= 15 is 0 Å². The third-order valence-corrected chi connectivity index (χ3v) is 4.99. The summed E-state index contributed by atoms with van der Waals surface area (Å²) in [6.45, 7) is 2.11. The maximum atomic E-state index is 6.12. The van der Waals surface area contributed by atoms with Gasteiger partial charge in [-0.25, -0.2) is 0 Å². The molecular weight excluding hydrogens is 310 g/mol. The Morgan fingerprint density at radius 2 is 2.24 bits per heavy atom. The summed E-state index contributed by atoms with van der Waals surface area (Å²) in [5, 5.41) is 4.12. The summed E-state index contributed by atoms with van der Waals surface area (Å²) in [4.78, 5) is 2.40. The number of hydrogen-bond donors (Lipinski definition) is 0. The molecule has 0 amide bonds. The van der Waals surface area contributed by atoms with E-state index in [4.69, 9.17) is 21.1 Å². The molecule has 2 aliphatic heterocycles. The van der Waals surface area contributed by atoms with E-state index in [1.807, 2.05) is 6.07 Å². The predicted octanol–water partition coefficient (Wildman–Crippen LogP) is 3.26. The number of hydrogen-bond acceptors (Lipinski definition) is 6. The van der Waals surface area contributed by atoms with Gasteiger partial charge in [0.25, 0.3) is 0 Å². The lowest BCUT2D eigenvalue weighted by molar-refractivity contribution is 0.173. The molecule has 0 N–H and O–H groups in total. The molecule has 0 bridgehead atoms. The summed E-state index contributed by atoms with van der Waals surface area (Å²) in [6.07, 6.45) is 2.31. The van der Waals surface area contributed by atoms with E-state index < -0.39 is 0 Å². The fraction of sp³-hybridized carbons (Fsp3) is 0.429. The third kappa shape index (κ3) is 2.47. The normalized spacial score (nSPS) is 21.1. The Bertz CT molecular complexity index is 663. The molecular formula is C14H14ClN3O2S. The van der Waals surface area contributed by atoms with Gasteiger partial charge in [-0.15, -0.1) is 5.10 Å². The third-order valence-electron chi connectivity index (χ3n) is 4.01. The van der Waals surface area contributed by atoms with Crippen molar-refractivity contribution in [3.05, 3.63) is 33.8 Å². The van der Waals surface area contributed by atoms with Gasteiger partial charge in [-0.1, -0.05) is 22.2 Å². The molecule has 1 aromatic carbocycles. The Kier molecular flexibility index (Phi) is 3.45. The van der Waals surface area contributed by atoms with Crippen molar-refractivity contribution < 1.29 is 9.47 Å². The summed E-state index contributed by atoms with van der Waals surface area (Å²) < 4.78 is 15.4. The Labute approximate surface area is 131 Å². The van der Waals surface area contributed by atoms with Crippen LogP contribution in [0.1, 0.15) is 30.1 Å². The Balaban J connectivity index is 1.57. The van der Waals surface area contributed by atoms with E-state index in [0.29, 0.717) is 17.2 Å². The topological polar surface area (TPSA) is 47.5 Å². The zero-order valence-electron chi connectivity index (χ0n) is 11.3. The van der Waals surface area contributed by atoms with Gasteiger partial charge in [-0.2, -0.15) is 0 Å². The molecule has 1 fully saturated rings. The van der Waals surface area contributed by atoms with Gasteiger partial charge in [-0.05, 0) is 37.1 Å². The number of benzene rings is 1. The van der Waals surface area contributed by atoms with Crippen molar-refractivity contribution in [1.29, 1.82) is 0 Å². The lowest BCUT2D eigenvalue weighted by Gasteiger charge is -2.24. The molecule has 0 spiro atoms. The van der Waals surface area contributed by atoms with E-state index in [2.05, 4.69) is 26.6 Å². The highest BCUT2D eigenvalue weighted by Gasteiger charge is 2.28. The number of halogens is 1. The van der Waals surface area contributed by atoms with Crippen LogP contribution in [0, 0.1) is 0 Å². The number of fused-ring (bicyclic) bond motifs is 1. The Hall–Kier alpha value is -1.37. The lowest BCUT2D eigenvalue weighted by Crippen LogP contribution is -2.23.